The summed E-state index contributed by atoms with van der Waals surface area (Å²) < 4.78 is 0. The van der Waals surface area contributed by atoms with Crippen LogP contribution in [0.1, 0.15) is 11.4 Å². The number of aryl methyl sites for hydroxylation is 2. The van der Waals surface area contributed by atoms with E-state index in [4.69, 9.17) is 5.11 Å². The van der Waals surface area contributed by atoms with Crippen LogP contribution in [0.2, 0.25) is 0 Å². The Kier molecular flexibility index (Phi) is 2.37. The zero-order valence-electron chi connectivity index (χ0n) is 8.73. The van der Waals surface area contributed by atoms with E-state index in [0.717, 1.165) is 22.6 Å². The van der Waals surface area contributed by atoms with Crippen LogP contribution in [0, 0.1) is 13.8 Å². The SMILES string of the molecule is Cc1cc(-c2ccc(O)cn2)cc(C)n1. The maximum atomic E-state index is 9.14. The maximum Gasteiger partial charge on any atom is 0.133 e. The van der Waals surface area contributed by atoms with Crippen LogP contribution in [-0.4, -0.2) is 15.1 Å². The molecule has 0 aliphatic carbocycles. The second kappa shape index (κ2) is 3.69. The van der Waals surface area contributed by atoms with Crippen LogP contribution in [0.5, 0.6) is 5.75 Å². The Morgan fingerprint density at radius 3 is 2.27 bits per heavy atom. The molecule has 3 nitrogen and oxygen atoms in total. The molecule has 0 aromatic carbocycles. The molecule has 0 bridgehead atoms. The van der Waals surface area contributed by atoms with E-state index in [1.165, 1.54) is 6.20 Å². The molecule has 1 N–H and O–H groups in total. The summed E-state index contributed by atoms with van der Waals surface area (Å²) in [4.78, 5) is 8.45. The van der Waals surface area contributed by atoms with Crippen LogP contribution in [0.4, 0.5) is 0 Å². The summed E-state index contributed by atoms with van der Waals surface area (Å²) >= 11 is 0. The van der Waals surface area contributed by atoms with Crippen molar-refractivity contribution in [2.75, 3.05) is 0 Å². The third-order valence-corrected chi connectivity index (χ3v) is 2.13. The molecule has 2 rings (SSSR count). The molecule has 2 aromatic rings. The van der Waals surface area contributed by atoms with Crippen molar-refractivity contribution in [3.05, 3.63) is 41.9 Å². The molecule has 0 radical (unpaired) electrons. The number of aromatic nitrogens is 2. The van der Waals surface area contributed by atoms with Crippen molar-refractivity contribution in [3.63, 3.8) is 0 Å². The molecule has 0 aliphatic rings. The quantitative estimate of drug-likeness (QED) is 0.769. The number of pyridine rings is 2. The van der Waals surface area contributed by atoms with E-state index in [0.29, 0.717) is 0 Å². The molecule has 0 unspecified atom stereocenters. The van der Waals surface area contributed by atoms with Crippen molar-refractivity contribution < 1.29 is 5.11 Å². The lowest BCUT2D eigenvalue weighted by molar-refractivity contribution is 0.473. The van der Waals surface area contributed by atoms with Crippen LogP contribution in [-0.2, 0) is 0 Å². The molecular formula is C12H12N2O. The molecule has 2 aromatic heterocycles. The van der Waals surface area contributed by atoms with Gasteiger partial charge in [-0.05, 0) is 38.1 Å². The summed E-state index contributed by atoms with van der Waals surface area (Å²) in [6.45, 7) is 3.91. The zero-order valence-corrected chi connectivity index (χ0v) is 8.73. The van der Waals surface area contributed by atoms with Crippen molar-refractivity contribution >= 4 is 0 Å². The van der Waals surface area contributed by atoms with Crippen LogP contribution in [0.3, 0.4) is 0 Å². The van der Waals surface area contributed by atoms with Gasteiger partial charge in [0.25, 0.3) is 0 Å². The van der Waals surface area contributed by atoms with E-state index in [-0.39, 0.29) is 5.75 Å². The van der Waals surface area contributed by atoms with Gasteiger partial charge in [-0.2, -0.15) is 0 Å². The molecular weight excluding hydrogens is 188 g/mol. The Balaban J connectivity index is 2.49. The Hall–Kier alpha value is -1.90. The lowest BCUT2D eigenvalue weighted by Gasteiger charge is -2.03. The van der Waals surface area contributed by atoms with E-state index in [1.54, 1.807) is 12.1 Å². The first-order valence-corrected chi connectivity index (χ1v) is 4.76. The van der Waals surface area contributed by atoms with E-state index in [2.05, 4.69) is 9.97 Å². The number of hydrogen-bond acceptors (Lipinski definition) is 3. The lowest BCUT2D eigenvalue weighted by Crippen LogP contribution is -1.89. The van der Waals surface area contributed by atoms with Crippen molar-refractivity contribution in [1.29, 1.82) is 0 Å². The lowest BCUT2D eigenvalue weighted by atomic mass is 10.1. The van der Waals surface area contributed by atoms with Crippen molar-refractivity contribution in [3.8, 4) is 17.0 Å². The first-order chi connectivity index (χ1) is 7.15. The second-order valence-electron chi connectivity index (χ2n) is 3.54. The van der Waals surface area contributed by atoms with Gasteiger partial charge in [0, 0.05) is 17.0 Å². The average molecular weight is 200 g/mol. The fourth-order valence-corrected chi connectivity index (χ4v) is 1.54. The normalized spacial score (nSPS) is 10.3. The highest BCUT2D eigenvalue weighted by Gasteiger charge is 2.01. The second-order valence-corrected chi connectivity index (χ2v) is 3.54. The first-order valence-electron chi connectivity index (χ1n) is 4.76. The van der Waals surface area contributed by atoms with Crippen LogP contribution in [0.15, 0.2) is 30.5 Å². The first kappa shape index (κ1) is 9.65. The smallest absolute Gasteiger partial charge is 0.133 e. The minimum absolute atomic E-state index is 0.182. The molecule has 76 valence electrons. The maximum absolute atomic E-state index is 9.14. The molecule has 0 saturated heterocycles. The summed E-state index contributed by atoms with van der Waals surface area (Å²) in [7, 11) is 0. The molecule has 0 saturated carbocycles. The van der Waals surface area contributed by atoms with Gasteiger partial charge in [0.2, 0.25) is 0 Å². The predicted octanol–water partition coefficient (Wildman–Crippen LogP) is 2.47. The Morgan fingerprint density at radius 2 is 1.73 bits per heavy atom. The highest BCUT2D eigenvalue weighted by molar-refractivity contribution is 5.60. The molecule has 2 heterocycles. The molecule has 0 atom stereocenters. The molecule has 15 heavy (non-hydrogen) atoms. The van der Waals surface area contributed by atoms with Gasteiger partial charge in [0.1, 0.15) is 5.75 Å². The molecule has 3 heteroatoms. The Bertz CT molecular complexity index is 457. The molecule has 0 amide bonds. The Labute approximate surface area is 88.5 Å². The number of aromatic hydroxyl groups is 1. The number of hydrogen-bond donors (Lipinski definition) is 1. The third-order valence-electron chi connectivity index (χ3n) is 2.13. The van der Waals surface area contributed by atoms with Gasteiger partial charge in [0.15, 0.2) is 0 Å². The van der Waals surface area contributed by atoms with Gasteiger partial charge in [-0.1, -0.05) is 0 Å². The van der Waals surface area contributed by atoms with E-state index < -0.39 is 0 Å². The van der Waals surface area contributed by atoms with Gasteiger partial charge in [-0.3, -0.25) is 9.97 Å². The third kappa shape index (κ3) is 2.13. The van der Waals surface area contributed by atoms with Gasteiger partial charge >= 0.3 is 0 Å². The fraction of sp³-hybridized carbons (Fsp3) is 0.167. The Morgan fingerprint density at radius 1 is 1.07 bits per heavy atom. The minimum Gasteiger partial charge on any atom is -0.506 e. The molecule has 0 fully saturated rings. The summed E-state index contributed by atoms with van der Waals surface area (Å²) in [5.41, 5.74) is 3.82. The molecule has 0 spiro atoms. The summed E-state index contributed by atoms with van der Waals surface area (Å²) in [5.74, 6) is 0.182. The van der Waals surface area contributed by atoms with Crippen LogP contribution >= 0.6 is 0 Å². The van der Waals surface area contributed by atoms with E-state index in [1.807, 2.05) is 26.0 Å². The number of rotatable bonds is 1. The highest BCUT2D eigenvalue weighted by atomic mass is 16.3. The monoisotopic (exact) mass is 200 g/mol. The van der Waals surface area contributed by atoms with Gasteiger partial charge < -0.3 is 5.11 Å². The van der Waals surface area contributed by atoms with Gasteiger partial charge in [-0.15, -0.1) is 0 Å². The predicted molar refractivity (Wildman–Crippen MR) is 58.6 cm³/mol. The van der Waals surface area contributed by atoms with Gasteiger partial charge in [0.05, 0.1) is 11.9 Å². The van der Waals surface area contributed by atoms with Crippen LogP contribution in [0.25, 0.3) is 11.3 Å². The largest absolute Gasteiger partial charge is 0.506 e. The highest BCUT2D eigenvalue weighted by Crippen LogP contribution is 2.20. The summed E-state index contributed by atoms with van der Waals surface area (Å²) in [6, 6.07) is 7.38. The van der Waals surface area contributed by atoms with Crippen molar-refractivity contribution in [1.82, 2.24) is 9.97 Å². The van der Waals surface area contributed by atoms with Crippen molar-refractivity contribution in [2.45, 2.75) is 13.8 Å². The standard InChI is InChI=1S/C12H12N2O/c1-8-5-10(6-9(2)14-8)12-4-3-11(15)7-13-12/h3-7,15H,1-2H3. The molecule has 0 aliphatic heterocycles. The topological polar surface area (TPSA) is 46.0 Å². The van der Waals surface area contributed by atoms with E-state index >= 15 is 0 Å². The van der Waals surface area contributed by atoms with Gasteiger partial charge in [-0.25, -0.2) is 0 Å². The van der Waals surface area contributed by atoms with E-state index in [9.17, 15) is 0 Å². The van der Waals surface area contributed by atoms with Crippen molar-refractivity contribution in [2.24, 2.45) is 0 Å². The summed E-state index contributed by atoms with van der Waals surface area (Å²) in [6.07, 6.45) is 1.44. The minimum atomic E-state index is 0.182. The number of nitrogens with zero attached hydrogens (tertiary/aromatic N) is 2. The zero-order chi connectivity index (χ0) is 10.8. The average Bonchev–Trinajstić information content (AvgIpc) is 2.17. The fourth-order valence-electron chi connectivity index (χ4n) is 1.54. The van der Waals surface area contributed by atoms with Crippen LogP contribution < -0.4 is 0 Å². The summed E-state index contributed by atoms with van der Waals surface area (Å²) in [5, 5.41) is 9.14.